The van der Waals surface area contributed by atoms with Gasteiger partial charge in [0.25, 0.3) is 0 Å². The molecule has 0 N–H and O–H groups in total. The molecule has 0 heterocycles. The van der Waals surface area contributed by atoms with Gasteiger partial charge in [0.1, 0.15) is 5.82 Å². The van der Waals surface area contributed by atoms with E-state index in [4.69, 9.17) is 21.6 Å². The Bertz CT molecular complexity index is 341. The summed E-state index contributed by atoms with van der Waals surface area (Å²) < 4.78 is 18.0. The third-order valence-corrected chi connectivity index (χ3v) is 1.86. The Kier molecular flexibility index (Phi) is 3.87. The minimum Gasteiger partial charge on any atom is -0.359 e. The van der Waals surface area contributed by atoms with Crippen LogP contribution in [0.1, 0.15) is 18.6 Å². The van der Waals surface area contributed by atoms with Gasteiger partial charge in [0.05, 0.1) is 6.07 Å². The summed E-state index contributed by atoms with van der Waals surface area (Å²) in [7, 11) is 0. The van der Waals surface area contributed by atoms with Gasteiger partial charge in [-0.1, -0.05) is 11.6 Å². The third kappa shape index (κ3) is 2.69. The van der Waals surface area contributed by atoms with Gasteiger partial charge in [-0.25, -0.2) is 4.39 Å². The molecule has 0 aliphatic rings. The van der Waals surface area contributed by atoms with E-state index in [9.17, 15) is 4.39 Å². The number of rotatable bonds is 3. The van der Waals surface area contributed by atoms with E-state index in [1.165, 1.54) is 18.2 Å². The fourth-order valence-corrected chi connectivity index (χ4v) is 1.33. The molecule has 1 aromatic rings. The van der Waals surface area contributed by atoms with E-state index in [1.54, 1.807) is 6.92 Å². The molecule has 0 aliphatic heterocycles. The van der Waals surface area contributed by atoms with E-state index in [0.717, 1.165) is 0 Å². The predicted octanol–water partition coefficient (Wildman–Crippen LogP) is 3.08. The quantitative estimate of drug-likeness (QED) is 0.773. The number of hydrogen-bond acceptors (Lipinski definition) is 2. The molecular formula is C10H9ClFNO. The van der Waals surface area contributed by atoms with Gasteiger partial charge >= 0.3 is 0 Å². The smallest absolute Gasteiger partial charge is 0.169 e. The molecule has 0 saturated heterocycles. The fraction of sp³-hybridized carbons (Fsp3) is 0.300. The largest absolute Gasteiger partial charge is 0.359 e. The molecule has 0 radical (unpaired) electrons. The van der Waals surface area contributed by atoms with Crippen molar-refractivity contribution in [2.24, 2.45) is 0 Å². The SMILES string of the molecule is CCOC(C#N)c1cc(F)cc(Cl)c1. The van der Waals surface area contributed by atoms with Crippen LogP contribution in [0.25, 0.3) is 0 Å². The fourth-order valence-electron chi connectivity index (χ4n) is 1.10. The first kappa shape index (κ1) is 11.0. The minimum atomic E-state index is -0.756. The lowest BCUT2D eigenvalue weighted by molar-refractivity contribution is 0.102. The number of hydrogen-bond donors (Lipinski definition) is 0. The summed E-state index contributed by atoms with van der Waals surface area (Å²) in [6.07, 6.45) is -0.756. The zero-order valence-corrected chi connectivity index (χ0v) is 8.38. The highest BCUT2D eigenvalue weighted by Crippen LogP contribution is 2.21. The molecule has 0 aliphatic carbocycles. The Morgan fingerprint density at radius 2 is 2.29 bits per heavy atom. The van der Waals surface area contributed by atoms with Crippen molar-refractivity contribution in [2.75, 3.05) is 6.61 Å². The normalized spacial score (nSPS) is 12.1. The van der Waals surface area contributed by atoms with Crippen molar-refractivity contribution in [3.8, 4) is 6.07 Å². The van der Waals surface area contributed by atoms with Crippen molar-refractivity contribution in [3.63, 3.8) is 0 Å². The monoisotopic (exact) mass is 213 g/mol. The molecule has 74 valence electrons. The first-order chi connectivity index (χ1) is 6.67. The van der Waals surface area contributed by atoms with Crippen LogP contribution in [0.3, 0.4) is 0 Å². The summed E-state index contributed by atoms with van der Waals surface area (Å²) in [5.41, 5.74) is 0.444. The lowest BCUT2D eigenvalue weighted by Gasteiger charge is -2.09. The molecule has 1 rings (SSSR count). The Morgan fingerprint density at radius 1 is 1.57 bits per heavy atom. The van der Waals surface area contributed by atoms with Gasteiger partial charge in [0.2, 0.25) is 0 Å². The first-order valence-electron chi connectivity index (χ1n) is 4.14. The van der Waals surface area contributed by atoms with Crippen LogP contribution in [0.15, 0.2) is 18.2 Å². The first-order valence-corrected chi connectivity index (χ1v) is 4.52. The van der Waals surface area contributed by atoms with E-state index in [-0.39, 0.29) is 5.02 Å². The van der Waals surface area contributed by atoms with Crippen LogP contribution in [-0.2, 0) is 4.74 Å². The van der Waals surface area contributed by atoms with Crippen molar-refractivity contribution in [2.45, 2.75) is 13.0 Å². The minimum absolute atomic E-state index is 0.264. The molecule has 1 aromatic carbocycles. The third-order valence-electron chi connectivity index (χ3n) is 1.64. The van der Waals surface area contributed by atoms with E-state index in [0.29, 0.717) is 12.2 Å². The molecular weight excluding hydrogens is 205 g/mol. The van der Waals surface area contributed by atoms with Gasteiger partial charge in [-0.15, -0.1) is 0 Å². The second-order valence-electron chi connectivity index (χ2n) is 2.67. The van der Waals surface area contributed by atoms with Crippen LogP contribution in [0.2, 0.25) is 5.02 Å². The van der Waals surface area contributed by atoms with Crippen LogP contribution in [-0.4, -0.2) is 6.61 Å². The Balaban J connectivity index is 2.99. The molecule has 0 fully saturated rings. The van der Waals surface area contributed by atoms with E-state index >= 15 is 0 Å². The zero-order chi connectivity index (χ0) is 10.6. The van der Waals surface area contributed by atoms with Crippen LogP contribution in [0.5, 0.6) is 0 Å². The van der Waals surface area contributed by atoms with Crippen molar-refractivity contribution in [3.05, 3.63) is 34.6 Å². The molecule has 1 atom stereocenters. The summed E-state index contributed by atoms with van der Waals surface area (Å²) in [5, 5.41) is 9.02. The molecule has 0 amide bonds. The number of ether oxygens (including phenoxy) is 1. The Labute approximate surface area is 86.9 Å². The van der Waals surface area contributed by atoms with Gasteiger partial charge < -0.3 is 4.74 Å². The van der Waals surface area contributed by atoms with Crippen molar-refractivity contribution in [1.82, 2.24) is 0 Å². The standard InChI is InChI=1S/C10H9ClFNO/c1-2-14-10(6-13)7-3-8(11)5-9(12)4-7/h3-5,10H,2H2,1H3. The lowest BCUT2D eigenvalue weighted by atomic mass is 10.1. The number of nitrogens with zero attached hydrogens (tertiary/aromatic N) is 1. The summed E-state index contributed by atoms with van der Waals surface area (Å²) in [4.78, 5) is 0. The van der Waals surface area contributed by atoms with Crippen LogP contribution in [0.4, 0.5) is 4.39 Å². The Hall–Kier alpha value is -1.11. The summed E-state index contributed by atoms with van der Waals surface area (Å²) in [6, 6.07) is 5.88. The van der Waals surface area contributed by atoms with Crippen LogP contribution >= 0.6 is 11.6 Å². The van der Waals surface area contributed by atoms with Crippen molar-refractivity contribution in [1.29, 1.82) is 5.26 Å². The van der Waals surface area contributed by atoms with Gasteiger partial charge in [-0.05, 0) is 30.7 Å². The summed E-state index contributed by atoms with van der Waals surface area (Å²) in [5.74, 6) is -0.465. The number of benzene rings is 1. The molecule has 0 saturated carbocycles. The maximum absolute atomic E-state index is 12.9. The highest BCUT2D eigenvalue weighted by Gasteiger charge is 2.11. The van der Waals surface area contributed by atoms with Crippen molar-refractivity contribution < 1.29 is 9.13 Å². The van der Waals surface area contributed by atoms with Gasteiger partial charge in [-0.2, -0.15) is 5.26 Å². The molecule has 2 nitrogen and oxygen atoms in total. The molecule has 4 heteroatoms. The molecule has 1 unspecified atom stereocenters. The van der Waals surface area contributed by atoms with Crippen LogP contribution in [0, 0.1) is 17.1 Å². The van der Waals surface area contributed by atoms with Crippen molar-refractivity contribution >= 4 is 11.6 Å². The molecule has 0 spiro atoms. The Morgan fingerprint density at radius 3 is 2.79 bits per heavy atom. The zero-order valence-electron chi connectivity index (χ0n) is 7.63. The topological polar surface area (TPSA) is 33.0 Å². The van der Waals surface area contributed by atoms with Crippen LogP contribution < -0.4 is 0 Å². The summed E-state index contributed by atoms with van der Waals surface area (Å²) in [6.45, 7) is 2.16. The lowest BCUT2D eigenvalue weighted by Crippen LogP contribution is -2.01. The van der Waals surface area contributed by atoms with E-state index in [2.05, 4.69) is 0 Å². The molecule has 0 bridgehead atoms. The number of nitriles is 1. The van der Waals surface area contributed by atoms with Gasteiger partial charge in [-0.3, -0.25) is 0 Å². The highest BCUT2D eigenvalue weighted by atomic mass is 35.5. The van der Waals surface area contributed by atoms with Gasteiger partial charge in [0.15, 0.2) is 6.10 Å². The maximum Gasteiger partial charge on any atom is 0.169 e. The molecule has 0 aromatic heterocycles. The average molecular weight is 214 g/mol. The molecule has 14 heavy (non-hydrogen) atoms. The van der Waals surface area contributed by atoms with E-state index in [1.807, 2.05) is 6.07 Å². The maximum atomic E-state index is 12.9. The second kappa shape index (κ2) is 4.94. The predicted molar refractivity (Wildman–Crippen MR) is 51.4 cm³/mol. The summed E-state index contributed by atoms with van der Waals surface area (Å²) >= 11 is 5.65. The van der Waals surface area contributed by atoms with Gasteiger partial charge in [0, 0.05) is 11.6 Å². The second-order valence-corrected chi connectivity index (χ2v) is 3.10. The average Bonchev–Trinajstić information content (AvgIpc) is 2.12. The number of halogens is 2. The van der Waals surface area contributed by atoms with E-state index < -0.39 is 11.9 Å². The highest BCUT2D eigenvalue weighted by molar-refractivity contribution is 6.30.